The maximum Gasteiger partial charge on any atom is 0.224 e. The van der Waals surface area contributed by atoms with Crippen LogP contribution in [0.3, 0.4) is 0 Å². The summed E-state index contributed by atoms with van der Waals surface area (Å²) >= 11 is 1.71. The number of carbonyl (C=O) groups excluding carboxylic acids is 1. The fourth-order valence-electron chi connectivity index (χ4n) is 4.35. The Morgan fingerprint density at radius 3 is 2.45 bits per heavy atom. The van der Waals surface area contributed by atoms with Crippen LogP contribution in [0.15, 0.2) is 42.5 Å². The Kier molecular flexibility index (Phi) is 7.04. The Labute approximate surface area is 198 Å². The Morgan fingerprint density at radius 2 is 1.70 bits per heavy atom. The Hall–Kier alpha value is -2.68. The minimum absolute atomic E-state index is 0.0461. The summed E-state index contributed by atoms with van der Waals surface area (Å²) in [4.78, 5) is 22.1. The predicted molar refractivity (Wildman–Crippen MR) is 134 cm³/mol. The first kappa shape index (κ1) is 22.1. The van der Waals surface area contributed by atoms with Gasteiger partial charge in [-0.15, -0.1) is 11.3 Å². The highest BCUT2D eigenvalue weighted by Gasteiger charge is 2.19. The molecule has 33 heavy (non-hydrogen) atoms. The lowest BCUT2D eigenvalue weighted by molar-refractivity contribution is -0.116. The number of rotatable bonds is 7. The molecule has 5 rings (SSSR count). The van der Waals surface area contributed by atoms with Crippen LogP contribution < -0.4 is 15.1 Å². The van der Waals surface area contributed by atoms with Crippen molar-refractivity contribution >= 4 is 44.5 Å². The number of carbonyl (C=O) groups is 1. The molecule has 2 aliphatic heterocycles. The number of thiazole rings is 1. The third-order valence-corrected chi connectivity index (χ3v) is 7.21. The lowest BCUT2D eigenvalue weighted by atomic mass is 10.1. The number of morpholine rings is 2. The van der Waals surface area contributed by atoms with Crippen LogP contribution in [0.25, 0.3) is 10.2 Å². The highest BCUT2D eigenvalue weighted by molar-refractivity contribution is 7.18. The topological polar surface area (TPSA) is 66.9 Å². The molecule has 2 saturated heterocycles. The fraction of sp³-hybridized carbons (Fsp3) is 0.440. The third-order valence-electron chi connectivity index (χ3n) is 6.12. The van der Waals surface area contributed by atoms with Crippen molar-refractivity contribution in [2.75, 3.05) is 67.7 Å². The molecule has 2 fully saturated rings. The Morgan fingerprint density at radius 1 is 0.970 bits per heavy atom. The molecule has 0 saturated carbocycles. The summed E-state index contributed by atoms with van der Waals surface area (Å²) in [5.74, 6) is 0.0461. The number of anilines is 3. The number of amides is 1. The summed E-state index contributed by atoms with van der Waals surface area (Å²) in [5, 5.41) is 4.26. The molecule has 0 spiro atoms. The lowest BCUT2D eigenvalue weighted by Crippen LogP contribution is -2.38. The first-order chi connectivity index (χ1) is 16.3. The molecule has 0 atom stereocenters. The van der Waals surface area contributed by atoms with Crippen molar-refractivity contribution in [3.8, 4) is 0 Å². The van der Waals surface area contributed by atoms with Crippen LogP contribution in [0.4, 0.5) is 17.1 Å². The SMILES string of the molecule is O=C(CCCc1nc2ccccc2s1)Nc1ccc(N2CCOCC2)cc1N1CCOCC1. The molecule has 174 valence electrons. The number of aryl methyl sites for hydroxylation is 1. The smallest absolute Gasteiger partial charge is 0.224 e. The van der Waals surface area contributed by atoms with Crippen molar-refractivity contribution < 1.29 is 14.3 Å². The summed E-state index contributed by atoms with van der Waals surface area (Å²) in [6, 6.07) is 14.5. The average molecular weight is 467 g/mol. The molecule has 1 N–H and O–H groups in total. The van der Waals surface area contributed by atoms with Crippen LogP contribution in [0, 0.1) is 0 Å². The maximum absolute atomic E-state index is 12.8. The van der Waals surface area contributed by atoms with Crippen molar-refractivity contribution in [1.29, 1.82) is 0 Å². The molecule has 0 aliphatic carbocycles. The first-order valence-corrected chi connectivity index (χ1v) is 12.5. The molecule has 2 aliphatic rings. The van der Waals surface area contributed by atoms with Crippen LogP contribution in [-0.4, -0.2) is 63.5 Å². The molecule has 8 heteroatoms. The molecule has 3 aromatic rings. The second-order valence-electron chi connectivity index (χ2n) is 8.38. The summed E-state index contributed by atoms with van der Waals surface area (Å²) in [7, 11) is 0. The third kappa shape index (κ3) is 5.46. The number of benzene rings is 2. The van der Waals surface area contributed by atoms with Gasteiger partial charge in [0.15, 0.2) is 0 Å². The van der Waals surface area contributed by atoms with E-state index in [1.807, 2.05) is 24.3 Å². The quantitative estimate of drug-likeness (QED) is 0.569. The standard InChI is InChI=1S/C25H30N4O3S/c30-24(6-3-7-25-27-21-4-1-2-5-23(21)33-25)26-20-9-8-19(28-10-14-31-15-11-28)18-22(20)29-12-16-32-17-13-29/h1-2,4-5,8-9,18H,3,6-7,10-17H2,(H,26,30). The molecule has 1 amide bonds. The van der Waals surface area contributed by atoms with E-state index in [0.717, 1.165) is 74.1 Å². The largest absolute Gasteiger partial charge is 0.378 e. The van der Waals surface area contributed by atoms with Gasteiger partial charge in [-0.2, -0.15) is 0 Å². The summed E-state index contributed by atoms with van der Waals surface area (Å²) in [5.41, 5.74) is 4.16. The molecular formula is C25H30N4O3S. The van der Waals surface area contributed by atoms with Gasteiger partial charge in [0.2, 0.25) is 5.91 Å². The van der Waals surface area contributed by atoms with E-state index in [-0.39, 0.29) is 5.91 Å². The summed E-state index contributed by atoms with van der Waals surface area (Å²) in [6.07, 6.45) is 2.08. The zero-order chi connectivity index (χ0) is 22.5. The average Bonchev–Trinajstić information content (AvgIpc) is 3.28. The number of hydrogen-bond donors (Lipinski definition) is 1. The number of ether oxygens (including phenoxy) is 2. The number of nitrogens with one attached hydrogen (secondary N) is 1. The zero-order valence-electron chi connectivity index (χ0n) is 18.8. The normalized spacial score (nSPS) is 16.8. The molecule has 2 aromatic carbocycles. The van der Waals surface area contributed by atoms with E-state index in [9.17, 15) is 4.79 Å². The Bertz CT molecular complexity index is 1060. The molecular weight excluding hydrogens is 436 g/mol. The molecule has 0 radical (unpaired) electrons. The van der Waals surface area contributed by atoms with E-state index >= 15 is 0 Å². The lowest BCUT2D eigenvalue weighted by Gasteiger charge is -2.33. The van der Waals surface area contributed by atoms with Crippen molar-refractivity contribution in [2.45, 2.75) is 19.3 Å². The highest BCUT2D eigenvalue weighted by atomic mass is 32.1. The molecule has 0 unspecified atom stereocenters. The summed E-state index contributed by atoms with van der Waals surface area (Å²) in [6.45, 7) is 6.34. The zero-order valence-corrected chi connectivity index (χ0v) is 19.6. The van der Waals surface area contributed by atoms with E-state index < -0.39 is 0 Å². The van der Waals surface area contributed by atoms with Gasteiger partial charge in [-0.05, 0) is 43.2 Å². The van der Waals surface area contributed by atoms with Gasteiger partial charge in [-0.1, -0.05) is 12.1 Å². The second kappa shape index (κ2) is 10.5. The monoisotopic (exact) mass is 466 g/mol. The van der Waals surface area contributed by atoms with Gasteiger partial charge in [-0.3, -0.25) is 4.79 Å². The van der Waals surface area contributed by atoms with Crippen LogP contribution in [0.1, 0.15) is 17.8 Å². The van der Waals surface area contributed by atoms with Gasteiger partial charge >= 0.3 is 0 Å². The number of fused-ring (bicyclic) bond motifs is 1. The number of para-hydroxylation sites is 1. The van der Waals surface area contributed by atoms with E-state index in [0.29, 0.717) is 19.6 Å². The molecule has 0 bridgehead atoms. The maximum atomic E-state index is 12.8. The van der Waals surface area contributed by atoms with E-state index in [1.54, 1.807) is 11.3 Å². The first-order valence-electron chi connectivity index (χ1n) is 11.7. The molecule has 3 heterocycles. The van der Waals surface area contributed by atoms with Crippen molar-refractivity contribution in [3.05, 3.63) is 47.5 Å². The van der Waals surface area contributed by atoms with Crippen molar-refractivity contribution in [1.82, 2.24) is 4.98 Å². The predicted octanol–water partition coefficient (Wildman–Crippen LogP) is 3.93. The Balaban J connectivity index is 1.24. The van der Waals surface area contributed by atoms with Gasteiger partial charge in [-0.25, -0.2) is 4.98 Å². The van der Waals surface area contributed by atoms with Gasteiger partial charge < -0.3 is 24.6 Å². The van der Waals surface area contributed by atoms with Gasteiger partial charge in [0.25, 0.3) is 0 Å². The second-order valence-corrected chi connectivity index (χ2v) is 9.49. The minimum Gasteiger partial charge on any atom is -0.378 e. The minimum atomic E-state index is 0.0461. The number of hydrogen-bond acceptors (Lipinski definition) is 7. The number of aromatic nitrogens is 1. The molecule has 7 nitrogen and oxygen atoms in total. The van der Waals surface area contributed by atoms with Gasteiger partial charge in [0.05, 0.1) is 53.0 Å². The van der Waals surface area contributed by atoms with Crippen molar-refractivity contribution in [2.24, 2.45) is 0 Å². The number of nitrogens with zero attached hydrogens (tertiary/aromatic N) is 3. The van der Waals surface area contributed by atoms with Crippen LogP contribution >= 0.6 is 11.3 Å². The van der Waals surface area contributed by atoms with E-state index in [4.69, 9.17) is 9.47 Å². The van der Waals surface area contributed by atoms with Crippen LogP contribution in [-0.2, 0) is 20.7 Å². The highest BCUT2D eigenvalue weighted by Crippen LogP contribution is 2.32. The van der Waals surface area contributed by atoms with Gasteiger partial charge in [0, 0.05) is 38.3 Å². The van der Waals surface area contributed by atoms with Crippen molar-refractivity contribution in [3.63, 3.8) is 0 Å². The van der Waals surface area contributed by atoms with E-state index in [1.165, 1.54) is 10.4 Å². The summed E-state index contributed by atoms with van der Waals surface area (Å²) < 4.78 is 12.2. The van der Waals surface area contributed by atoms with Gasteiger partial charge in [0.1, 0.15) is 0 Å². The molecule has 1 aromatic heterocycles. The fourth-order valence-corrected chi connectivity index (χ4v) is 5.36. The van der Waals surface area contributed by atoms with Crippen LogP contribution in [0.5, 0.6) is 0 Å². The van der Waals surface area contributed by atoms with Crippen LogP contribution in [0.2, 0.25) is 0 Å². The van der Waals surface area contributed by atoms with E-state index in [2.05, 4.69) is 38.3 Å².